The van der Waals surface area contributed by atoms with Crippen LogP contribution in [0, 0.1) is 11.7 Å². The average Bonchev–Trinajstić information content (AvgIpc) is 2.08. The maximum absolute atomic E-state index is 12.8. The lowest BCUT2D eigenvalue weighted by Crippen LogP contribution is -2.01. The molecule has 0 amide bonds. The Hall–Kier alpha value is -0.560. The van der Waals surface area contributed by atoms with Gasteiger partial charge in [0.15, 0.2) is 0 Å². The molecule has 0 bridgehead atoms. The van der Waals surface area contributed by atoms with Crippen molar-refractivity contribution in [2.75, 3.05) is 0 Å². The molecule has 0 nitrogen and oxygen atoms in total. The molecule has 0 heterocycles. The van der Waals surface area contributed by atoms with E-state index < -0.39 is 0 Å². The zero-order valence-electron chi connectivity index (χ0n) is 8.14. The average molecular weight is 201 g/mol. The fourth-order valence-electron chi connectivity index (χ4n) is 1.18. The molecule has 0 aliphatic heterocycles. The highest BCUT2D eigenvalue weighted by Crippen LogP contribution is 2.26. The quantitative estimate of drug-likeness (QED) is 0.670. The van der Waals surface area contributed by atoms with Gasteiger partial charge in [-0.3, -0.25) is 0 Å². The molecule has 0 fully saturated rings. The summed E-state index contributed by atoms with van der Waals surface area (Å²) >= 11 is 5.69. The minimum absolute atomic E-state index is 0.213. The van der Waals surface area contributed by atoms with Gasteiger partial charge in [-0.1, -0.05) is 38.4 Å². The first-order chi connectivity index (χ1) is 6.02. The molecule has 0 aliphatic carbocycles. The third-order valence-corrected chi connectivity index (χ3v) is 2.76. The van der Waals surface area contributed by atoms with Gasteiger partial charge in [0.05, 0.1) is 5.02 Å². The normalized spacial score (nSPS) is 13.4. The lowest BCUT2D eigenvalue weighted by molar-refractivity contribution is 0.533. The molecular weight excluding hydrogens is 187 g/mol. The van der Waals surface area contributed by atoms with Gasteiger partial charge in [0.2, 0.25) is 0 Å². The largest absolute Gasteiger partial charge is 0.205 e. The fraction of sp³-hybridized carbons (Fsp3) is 0.455. The maximum Gasteiger partial charge on any atom is 0.141 e. The Labute approximate surface area is 83.7 Å². The number of rotatable bonds is 2. The maximum atomic E-state index is 12.8. The Bertz CT molecular complexity index is 294. The molecule has 1 rings (SSSR count). The van der Waals surface area contributed by atoms with E-state index in [2.05, 4.69) is 20.8 Å². The van der Waals surface area contributed by atoms with Crippen LogP contribution in [0.1, 0.15) is 32.3 Å². The first-order valence-electron chi connectivity index (χ1n) is 4.47. The van der Waals surface area contributed by atoms with E-state index in [4.69, 9.17) is 11.6 Å². The Morgan fingerprint density at radius 3 is 2.31 bits per heavy atom. The lowest BCUT2D eigenvalue weighted by atomic mass is 9.90. The summed E-state index contributed by atoms with van der Waals surface area (Å²) in [7, 11) is 0. The smallest absolute Gasteiger partial charge is 0.141 e. The molecule has 0 spiro atoms. The second kappa shape index (κ2) is 4.10. The van der Waals surface area contributed by atoms with Crippen LogP contribution in [0.4, 0.5) is 4.39 Å². The van der Waals surface area contributed by atoms with Crippen molar-refractivity contribution in [1.82, 2.24) is 0 Å². The molecule has 0 saturated carbocycles. The molecule has 0 aliphatic rings. The van der Waals surface area contributed by atoms with Crippen LogP contribution in [-0.4, -0.2) is 0 Å². The van der Waals surface area contributed by atoms with E-state index in [-0.39, 0.29) is 10.8 Å². The summed E-state index contributed by atoms with van der Waals surface area (Å²) in [6, 6.07) is 4.93. The van der Waals surface area contributed by atoms with Gasteiger partial charge in [0.25, 0.3) is 0 Å². The van der Waals surface area contributed by atoms with E-state index in [9.17, 15) is 4.39 Å². The van der Waals surface area contributed by atoms with Crippen LogP contribution in [0.5, 0.6) is 0 Å². The van der Waals surface area contributed by atoms with Gasteiger partial charge in [-0.15, -0.1) is 0 Å². The molecule has 1 aromatic carbocycles. The van der Waals surface area contributed by atoms with E-state index in [1.165, 1.54) is 6.07 Å². The summed E-state index contributed by atoms with van der Waals surface area (Å²) in [5.74, 6) is 0.612. The van der Waals surface area contributed by atoms with Crippen molar-refractivity contribution in [2.24, 2.45) is 5.92 Å². The molecule has 0 N–H and O–H groups in total. The summed E-state index contributed by atoms with van der Waals surface area (Å²) in [5.41, 5.74) is 1.10. The molecule has 1 atom stereocenters. The monoisotopic (exact) mass is 200 g/mol. The van der Waals surface area contributed by atoms with Crippen LogP contribution in [-0.2, 0) is 0 Å². The van der Waals surface area contributed by atoms with E-state index in [0.29, 0.717) is 11.8 Å². The number of benzene rings is 1. The van der Waals surface area contributed by atoms with Gasteiger partial charge in [-0.05, 0) is 29.5 Å². The van der Waals surface area contributed by atoms with Crippen molar-refractivity contribution in [3.05, 3.63) is 34.6 Å². The van der Waals surface area contributed by atoms with Gasteiger partial charge >= 0.3 is 0 Å². The van der Waals surface area contributed by atoms with E-state index in [1.54, 1.807) is 12.1 Å². The minimum Gasteiger partial charge on any atom is -0.205 e. The second-order valence-electron chi connectivity index (χ2n) is 3.71. The zero-order chi connectivity index (χ0) is 10.0. The molecular formula is C11H14ClF. The summed E-state index contributed by atoms with van der Waals surface area (Å²) in [6.07, 6.45) is 0. The number of halogens is 2. The summed E-state index contributed by atoms with van der Waals surface area (Å²) < 4.78 is 12.8. The molecule has 72 valence electrons. The van der Waals surface area contributed by atoms with Crippen LogP contribution in [0.3, 0.4) is 0 Å². The predicted octanol–water partition coefficient (Wildman–Crippen LogP) is 4.24. The molecule has 13 heavy (non-hydrogen) atoms. The highest BCUT2D eigenvalue weighted by Gasteiger charge is 2.11. The van der Waals surface area contributed by atoms with Gasteiger partial charge in [-0.2, -0.15) is 0 Å². The molecule has 1 unspecified atom stereocenters. The van der Waals surface area contributed by atoms with Crippen LogP contribution in [0.15, 0.2) is 18.2 Å². The number of hydrogen-bond acceptors (Lipinski definition) is 0. The van der Waals surface area contributed by atoms with Crippen molar-refractivity contribution in [3.8, 4) is 0 Å². The standard InChI is InChI=1S/C11H14ClF/c1-7(2)8(3)9-4-5-11(13)10(12)6-9/h4-8H,1-3H3. The van der Waals surface area contributed by atoms with Gasteiger partial charge < -0.3 is 0 Å². The van der Waals surface area contributed by atoms with Crippen LogP contribution >= 0.6 is 11.6 Å². The zero-order valence-corrected chi connectivity index (χ0v) is 8.90. The van der Waals surface area contributed by atoms with E-state index in [1.807, 2.05) is 0 Å². The fourth-order valence-corrected chi connectivity index (χ4v) is 1.37. The van der Waals surface area contributed by atoms with Gasteiger partial charge in [0.1, 0.15) is 5.82 Å². The summed E-state index contributed by atoms with van der Waals surface area (Å²) in [4.78, 5) is 0. The SMILES string of the molecule is CC(C)C(C)c1ccc(F)c(Cl)c1. The van der Waals surface area contributed by atoms with Crippen LogP contribution in [0.25, 0.3) is 0 Å². The molecule has 0 radical (unpaired) electrons. The molecule has 0 saturated heterocycles. The van der Waals surface area contributed by atoms with Crippen molar-refractivity contribution in [1.29, 1.82) is 0 Å². The minimum atomic E-state index is -0.346. The number of hydrogen-bond donors (Lipinski definition) is 0. The third kappa shape index (κ3) is 2.44. The second-order valence-corrected chi connectivity index (χ2v) is 4.11. The Balaban J connectivity index is 2.97. The highest BCUT2D eigenvalue weighted by molar-refractivity contribution is 6.30. The Morgan fingerprint density at radius 1 is 1.23 bits per heavy atom. The van der Waals surface area contributed by atoms with Gasteiger partial charge in [0, 0.05) is 0 Å². The Morgan fingerprint density at radius 2 is 1.85 bits per heavy atom. The van der Waals surface area contributed by atoms with Crippen LogP contribution in [0.2, 0.25) is 5.02 Å². The summed E-state index contributed by atoms with van der Waals surface area (Å²) in [5, 5.41) is 0.213. The third-order valence-electron chi connectivity index (χ3n) is 2.47. The van der Waals surface area contributed by atoms with E-state index >= 15 is 0 Å². The van der Waals surface area contributed by atoms with E-state index in [0.717, 1.165) is 5.56 Å². The van der Waals surface area contributed by atoms with Crippen molar-refractivity contribution < 1.29 is 4.39 Å². The highest BCUT2D eigenvalue weighted by atomic mass is 35.5. The first kappa shape index (κ1) is 10.5. The molecule has 1 aromatic rings. The molecule has 2 heteroatoms. The topological polar surface area (TPSA) is 0 Å². The predicted molar refractivity (Wildman–Crippen MR) is 54.7 cm³/mol. The lowest BCUT2D eigenvalue weighted by Gasteiger charge is -2.15. The van der Waals surface area contributed by atoms with Crippen molar-refractivity contribution >= 4 is 11.6 Å². The van der Waals surface area contributed by atoms with Crippen LogP contribution < -0.4 is 0 Å². The Kier molecular flexibility index (Phi) is 3.32. The van der Waals surface area contributed by atoms with Gasteiger partial charge in [-0.25, -0.2) is 4.39 Å². The molecule has 0 aromatic heterocycles. The first-order valence-corrected chi connectivity index (χ1v) is 4.85. The van der Waals surface area contributed by atoms with Crippen molar-refractivity contribution in [3.63, 3.8) is 0 Å². The summed E-state index contributed by atoms with van der Waals surface area (Å²) in [6.45, 7) is 6.40. The van der Waals surface area contributed by atoms with Crippen molar-refractivity contribution in [2.45, 2.75) is 26.7 Å².